The number of halogens is 2. The molecule has 130 valence electrons. The van der Waals surface area contributed by atoms with E-state index in [9.17, 15) is 0 Å². The summed E-state index contributed by atoms with van der Waals surface area (Å²) in [5, 5.41) is 24.0. The monoisotopic (exact) mass is 386 g/mol. The molecule has 0 spiro atoms. The number of anilines is 2. The van der Waals surface area contributed by atoms with Crippen LogP contribution in [0.15, 0.2) is 58.7 Å². The lowest BCUT2D eigenvalue weighted by atomic mass is 10.1. The van der Waals surface area contributed by atoms with Gasteiger partial charge in [0.05, 0.1) is 12.4 Å². The van der Waals surface area contributed by atoms with Crippen molar-refractivity contribution in [2.75, 3.05) is 10.9 Å². The molecule has 0 fully saturated rings. The third-order valence-corrected chi connectivity index (χ3v) is 3.36. The normalized spacial score (nSPS) is 11.2. The number of hydrazone groups is 2. The maximum atomic E-state index is 5.68. The maximum absolute atomic E-state index is 5.68. The van der Waals surface area contributed by atoms with Gasteiger partial charge in [-0.1, -0.05) is 41.4 Å². The van der Waals surface area contributed by atoms with E-state index in [1.165, 1.54) is 0 Å². The van der Waals surface area contributed by atoms with Crippen LogP contribution in [0.3, 0.4) is 0 Å². The first-order valence-electron chi connectivity index (χ1n) is 7.36. The van der Waals surface area contributed by atoms with Gasteiger partial charge in [0, 0.05) is 0 Å². The third kappa shape index (κ3) is 5.47. The van der Waals surface area contributed by atoms with E-state index in [0.717, 1.165) is 11.1 Å². The topological polar surface area (TPSA) is 100 Å². The fourth-order valence-corrected chi connectivity index (χ4v) is 2.02. The highest BCUT2D eigenvalue weighted by molar-refractivity contribution is 6.29. The lowest BCUT2D eigenvalue weighted by Gasteiger charge is -1.99. The second-order valence-electron chi connectivity index (χ2n) is 4.89. The highest BCUT2D eigenvalue weighted by Crippen LogP contribution is 2.07. The van der Waals surface area contributed by atoms with Gasteiger partial charge in [-0.3, -0.25) is 10.9 Å². The molecule has 3 rings (SSSR count). The Morgan fingerprint density at radius 2 is 1.19 bits per heavy atom. The number of hydrogen-bond donors (Lipinski definition) is 2. The molecule has 0 saturated heterocycles. The van der Waals surface area contributed by atoms with Gasteiger partial charge in [0.15, 0.2) is 21.9 Å². The van der Waals surface area contributed by atoms with E-state index >= 15 is 0 Å². The first-order chi connectivity index (χ1) is 12.7. The molecule has 0 aliphatic carbocycles. The van der Waals surface area contributed by atoms with Gasteiger partial charge in [-0.05, 0) is 41.5 Å². The Balaban J connectivity index is 1.58. The minimum atomic E-state index is 0.324. The van der Waals surface area contributed by atoms with Crippen molar-refractivity contribution < 1.29 is 0 Å². The Morgan fingerprint density at radius 3 is 1.62 bits per heavy atom. The largest absolute Gasteiger partial charge is 0.260 e. The lowest BCUT2D eigenvalue weighted by molar-refractivity contribution is 1.02. The van der Waals surface area contributed by atoms with Gasteiger partial charge in [-0.2, -0.15) is 10.2 Å². The van der Waals surface area contributed by atoms with E-state index in [4.69, 9.17) is 23.2 Å². The van der Waals surface area contributed by atoms with Crippen molar-refractivity contribution in [3.8, 4) is 0 Å². The fourth-order valence-electron chi connectivity index (χ4n) is 1.82. The van der Waals surface area contributed by atoms with Crippen LogP contribution in [0.4, 0.5) is 11.6 Å². The van der Waals surface area contributed by atoms with Crippen molar-refractivity contribution in [2.24, 2.45) is 10.2 Å². The molecule has 0 bridgehead atoms. The first-order valence-corrected chi connectivity index (χ1v) is 8.11. The molecule has 0 aliphatic heterocycles. The SMILES string of the molecule is Clc1ccc(N/N=C\c2cccc(/C=N\Nc3ccc(Cl)nn3)c2)nn1. The number of benzene rings is 1. The molecule has 8 nitrogen and oxygen atoms in total. The van der Waals surface area contributed by atoms with Crippen molar-refractivity contribution in [3.05, 3.63) is 70.0 Å². The van der Waals surface area contributed by atoms with Crippen LogP contribution in [-0.4, -0.2) is 32.8 Å². The summed E-state index contributed by atoms with van der Waals surface area (Å²) in [5.41, 5.74) is 7.32. The van der Waals surface area contributed by atoms with Crippen LogP contribution >= 0.6 is 23.2 Å². The van der Waals surface area contributed by atoms with Crippen molar-refractivity contribution in [3.63, 3.8) is 0 Å². The first kappa shape index (κ1) is 17.7. The molecule has 1 aromatic carbocycles. The lowest BCUT2D eigenvalue weighted by Crippen LogP contribution is -1.96. The smallest absolute Gasteiger partial charge is 0.168 e. The summed E-state index contributed by atoms with van der Waals surface area (Å²) in [6, 6.07) is 14.2. The Kier molecular flexibility index (Phi) is 6.02. The summed E-state index contributed by atoms with van der Waals surface area (Å²) in [4.78, 5) is 0. The van der Waals surface area contributed by atoms with E-state index in [1.54, 1.807) is 36.7 Å². The second-order valence-corrected chi connectivity index (χ2v) is 5.67. The quantitative estimate of drug-likeness (QED) is 0.496. The standard InChI is InChI=1S/C16H12Cl2N8/c17-13-4-6-15(25-21-13)23-19-9-11-2-1-3-12(8-11)10-20-24-16-7-5-14(18)22-26-16/h1-10H,(H,23,25)(H,24,26)/b19-9-,20-10-. The summed E-state index contributed by atoms with van der Waals surface area (Å²) in [6.45, 7) is 0. The van der Waals surface area contributed by atoms with E-state index < -0.39 is 0 Å². The number of aromatic nitrogens is 4. The van der Waals surface area contributed by atoms with Crippen molar-refractivity contribution >= 4 is 47.3 Å². The Morgan fingerprint density at radius 1 is 0.692 bits per heavy atom. The zero-order valence-corrected chi connectivity index (χ0v) is 14.7. The zero-order chi connectivity index (χ0) is 18.2. The molecule has 0 radical (unpaired) electrons. The summed E-state index contributed by atoms with van der Waals surface area (Å²) in [5.74, 6) is 0.994. The van der Waals surface area contributed by atoms with E-state index in [1.807, 2.05) is 24.3 Å². The van der Waals surface area contributed by atoms with Gasteiger partial charge in [0.25, 0.3) is 0 Å². The zero-order valence-electron chi connectivity index (χ0n) is 13.2. The summed E-state index contributed by atoms with van der Waals surface area (Å²) < 4.78 is 0. The number of rotatable bonds is 6. The fraction of sp³-hybridized carbons (Fsp3) is 0. The molecule has 0 amide bonds. The molecular formula is C16H12Cl2N8. The van der Waals surface area contributed by atoms with E-state index in [-0.39, 0.29) is 0 Å². The Labute approximate surface area is 159 Å². The Bertz CT molecular complexity index is 838. The molecule has 2 N–H and O–H groups in total. The van der Waals surface area contributed by atoms with Gasteiger partial charge in [0.2, 0.25) is 0 Å². The molecule has 2 heterocycles. The van der Waals surface area contributed by atoms with Gasteiger partial charge in [-0.25, -0.2) is 0 Å². The molecule has 2 aromatic heterocycles. The third-order valence-electron chi connectivity index (χ3n) is 2.96. The molecular weight excluding hydrogens is 375 g/mol. The van der Waals surface area contributed by atoms with Crippen LogP contribution in [0.1, 0.15) is 11.1 Å². The molecule has 3 aromatic rings. The molecule has 26 heavy (non-hydrogen) atoms. The van der Waals surface area contributed by atoms with Gasteiger partial charge >= 0.3 is 0 Å². The molecule has 0 atom stereocenters. The highest BCUT2D eigenvalue weighted by atomic mass is 35.5. The van der Waals surface area contributed by atoms with Gasteiger partial charge in [-0.15, -0.1) is 20.4 Å². The summed E-state index contributed by atoms with van der Waals surface area (Å²) >= 11 is 11.4. The predicted octanol–water partition coefficient (Wildman–Crippen LogP) is 3.47. The number of hydrogen-bond acceptors (Lipinski definition) is 8. The van der Waals surface area contributed by atoms with Crippen LogP contribution in [0.25, 0.3) is 0 Å². The minimum absolute atomic E-state index is 0.324. The predicted molar refractivity (Wildman–Crippen MR) is 103 cm³/mol. The molecule has 0 unspecified atom stereocenters. The number of nitrogens with zero attached hydrogens (tertiary/aromatic N) is 6. The van der Waals surface area contributed by atoms with Crippen LogP contribution in [0.5, 0.6) is 0 Å². The van der Waals surface area contributed by atoms with E-state index in [0.29, 0.717) is 21.9 Å². The number of nitrogens with one attached hydrogen (secondary N) is 2. The van der Waals surface area contributed by atoms with Crippen molar-refractivity contribution in [1.29, 1.82) is 0 Å². The maximum Gasteiger partial charge on any atom is 0.168 e. The molecule has 0 aliphatic rings. The van der Waals surface area contributed by atoms with Crippen LogP contribution in [0, 0.1) is 0 Å². The minimum Gasteiger partial charge on any atom is -0.260 e. The molecule has 10 heteroatoms. The van der Waals surface area contributed by atoms with Gasteiger partial charge < -0.3 is 0 Å². The van der Waals surface area contributed by atoms with Crippen LogP contribution in [0.2, 0.25) is 10.3 Å². The van der Waals surface area contributed by atoms with Gasteiger partial charge in [0.1, 0.15) is 0 Å². The van der Waals surface area contributed by atoms with E-state index in [2.05, 4.69) is 41.4 Å². The summed E-state index contributed by atoms with van der Waals surface area (Å²) in [6.07, 6.45) is 3.32. The van der Waals surface area contributed by atoms with Crippen LogP contribution in [-0.2, 0) is 0 Å². The second kappa shape index (κ2) is 8.84. The van der Waals surface area contributed by atoms with Crippen LogP contribution < -0.4 is 10.9 Å². The van der Waals surface area contributed by atoms with Crippen molar-refractivity contribution in [1.82, 2.24) is 20.4 Å². The highest BCUT2D eigenvalue weighted by Gasteiger charge is 1.95. The average Bonchev–Trinajstić information content (AvgIpc) is 2.65. The van der Waals surface area contributed by atoms with Crippen molar-refractivity contribution in [2.45, 2.75) is 0 Å². The summed E-state index contributed by atoms with van der Waals surface area (Å²) in [7, 11) is 0. The Hall–Kier alpha value is -3.10. The average molecular weight is 387 g/mol. The molecule has 0 saturated carbocycles.